The minimum absolute atomic E-state index is 0.108. The smallest absolute Gasteiger partial charge is 0.412 e. The second kappa shape index (κ2) is 5.03. The van der Waals surface area contributed by atoms with Gasteiger partial charge in [-0.05, 0) is 32.9 Å². The summed E-state index contributed by atoms with van der Waals surface area (Å²) in [5.41, 5.74) is 4.57. The maximum Gasteiger partial charge on any atom is 0.412 e. The minimum atomic E-state index is -0.726. The molecule has 18 heavy (non-hydrogen) atoms. The van der Waals surface area contributed by atoms with E-state index >= 15 is 0 Å². The fraction of sp³-hybridized carbons (Fsp3) is 0.333. The number of nitrogen functional groups attached to an aromatic ring is 1. The lowest BCUT2D eigenvalue weighted by atomic mass is 10.1. The van der Waals surface area contributed by atoms with Crippen molar-refractivity contribution in [1.82, 2.24) is 0 Å². The normalized spacial score (nSPS) is 10.9. The highest BCUT2D eigenvalue weighted by atomic mass is 19.1. The number of amides is 1. The van der Waals surface area contributed by atoms with Crippen LogP contribution in [0.2, 0.25) is 0 Å². The summed E-state index contributed by atoms with van der Waals surface area (Å²) in [5, 5.41) is 9.65. The number of carbonyl (C=O) groups is 1. The predicted molar refractivity (Wildman–Crippen MR) is 67.3 cm³/mol. The lowest BCUT2D eigenvalue weighted by Gasteiger charge is -2.20. The Labute approximate surface area is 105 Å². The molecule has 1 aromatic carbocycles. The van der Waals surface area contributed by atoms with Crippen molar-refractivity contribution in [3.05, 3.63) is 29.6 Å². The summed E-state index contributed by atoms with van der Waals surface area (Å²) in [6.07, 6.45) is -0.726. The predicted octanol–water partition coefficient (Wildman–Crippen LogP) is 2.46. The quantitative estimate of drug-likeness (QED) is 0.558. The van der Waals surface area contributed by atoms with Crippen molar-refractivity contribution in [1.29, 1.82) is 5.41 Å². The number of halogens is 1. The second-order valence-corrected chi connectivity index (χ2v) is 4.70. The Bertz CT molecular complexity index is 481. The fourth-order valence-corrected chi connectivity index (χ4v) is 1.32. The first-order valence-electron chi connectivity index (χ1n) is 5.33. The first-order valence-corrected chi connectivity index (χ1v) is 5.33. The Hall–Kier alpha value is -2.11. The van der Waals surface area contributed by atoms with E-state index in [4.69, 9.17) is 15.9 Å². The van der Waals surface area contributed by atoms with Gasteiger partial charge in [0.25, 0.3) is 0 Å². The zero-order valence-electron chi connectivity index (χ0n) is 10.5. The van der Waals surface area contributed by atoms with Crippen LogP contribution >= 0.6 is 0 Å². The molecule has 0 saturated carbocycles. The molecule has 0 bridgehead atoms. The van der Waals surface area contributed by atoms with Crippen LogP contribution in [0.15, 0.2) is 18.2 Å². The maximum atomic E-state index is 13.5. The number of rotatable bonds is 2. The van der Waals surface area contributed by atoms with Crippen LogP contribution in [0.3, 0.4) is 0 Å². The number of benzene rings is 1. The number of amidine groups is 1. The number of hydrogen-bond donors (Lipinski definition) is 3. The zero-order chi connectivity index (χ0) is 13.9. The number of anilines is 1. The lowest BCUT2D eigenvalue weighted by Crippen LogP contribution is -2.28. The molecule has 0 unspecified atom stereocenters. The van der Waals surface area contributed by atoms with Crippen LogP contribution in [0.1, 0.15) is 26.3 Å². The van der Waals surface area contributed by atoms with Crippen molar-refractivity contribution < 1.29 is 13.9 Å². The molecule has 98 valence electrons. The van der Waals surface area contributed by atoms with E-state index in [1.807, 2.05) is 0 Å². The van der Waals surface area contributed by atoms with Gasteiger partial charge in [0.2, 0.25) is 0 Å². The van der Waals surface area contributed by atoms with Gasteiger partial charge in [0.05, 0.1) is 11.3 Å². The third-order valence-corrected chi connectivity index (χ3v) is 1.92. The summed E-state index contributed by atoms with van der Waals surface area (Å²) in [6.45, 7) is 5.14. The van der Waals surface area contributed by atoms with Gasteiger partial charge in [0.15, 0.2) is 0 Å². The average Bonchev–Trinajstić information content (AvgIpc) is 2.13. The van der Waals surface area contributed by atoms with E-state index in [-0.39, 0.29) is 11.3 Å². The Morgan fingerprint density at radius 2 is 2.06 bits per heavy atom. The molecule has 1 amide bonds. The molecule has 0 aliphatic rings. The summed E-state index contributed by atoms with van der Waals surface area (Å²) in [4.78, 5) is 11.5. The molecule has 5 nitrogen and oxygen atoms in total. The van der Waals surface area contributed by atoms with Crippen molar-refractivity contribution in [2.24, 2.45) is 5.73 Å². The number of ether oxygens (including phenoxy) is 1. The van der Waals surface area contributed by atoms with Crippen molar-refractivity contribution >= 4 is 17.6 Å². The van der Waals surface area contributed by atoms with Gasteiger partial charge in [-0.1, -0.05) is 6.07 Å². The molecule has 0 spiro atoms. The van der Waals surface area contributed by atoms with Crippen LogP contribution in [0.25, 0.3) is 0 Å². The van der Waals surface area contributed by atoms with Crippen LogP contribution in [0.5, 0.6) is 0 Å². The van der Waals surface area contributed by atoms with Crippen molar-refractivity contribution in [2.45, 2.75) is 26.4 Å². The van der Waals surface area contributed by atoms with Gasteiger partial charge in [-0.2, -0.15) is 0 Å². The number of nitrogens with one attached hydrogen (secondary N) is 2. The van der Waals surface area contributed by atoms with E-state index in [0.29, 0.717) is 0 Å². The maximum absolute atomic E-state index is 13.5. The number of carbonyl (C=O) groups excluding carboxylic acids is 1. The second-order valence-electron chi connectivity index (χ2n) is 4.70. The van der Waals surface area contributed by atoms with Crippen LogP contribution in [-0.2, 0) is 4.74 Å². The topological polar surface area (TPSA) is 88.2 Å². The highest BCUT2D eigenvalue weighted by Crippen LogP contribution is 2.19. The van der Waals surface area contributed by atoms with E-state index < -0.39 is 23.3 Å². The fourth-order valence-electron chi connectivity index (χ4n) is 1.32. The van der Waals surface area contributed by atoms with Crippen LogP contribution < -0.4 is 11.1 Å². The molecular weight excluding hydrogens is 237 g/mol. The van der Waals surface area contributed by atoms with Gasteiger partial charge >= 0.3 is 6.09 Å². The Morgan fingerprint density at radius 3 is 2.56 bits per heavy atom. The number of hydrogen-bond acceptors (Lipinski definition) is 3. The molecule has 0 aliphatic heterocycles. The molecular formula is C12H16FN3O2. The van der Waals surface area contributed by atoms with Crippen molar-refractivity contribution in [2.75, 3.05) is 5.32 Å². The van der Waals surface area contributed by atoms with Crippen molar-refractivity contribution in [3.8, 4) is 0 Å². The van der Waals surface area contributed by atoms with Gasteiger partial charge < -0.3 is 10.5 Å². The first kappa shape index (κ1) is 14.0. The standard InChI is InChI=1S/C12H16FN3O2/c1-12(2,3)18-11(17)16-8-6-4-5-7(13)9(8)10(14)15/h4-6H,1-3H3,(H3,14,15)(H,16,17). The van der Waals surface area contributed by atoms with E-state index in [1.165, 1.54) is 12.1 Å². The largest absolute Gasteiger partial charge is 0.444 e. The van der Waals surface area contributed by atoms with Gasteiger partial charge in [-0.3, -0.25) is 10.7 Å². The average molecular weight is 253 g/mol. The molecule has 0 atom stereocenters. The van der Waals surface area contributed by atoms with E-state index in [9.17, 15) is 9.18 Å². The summed E-state index contributed by atoms with van der Waals surface area (Å²) in [5.74, 6) is -1.13. The Balaban J connectivity index is 2.95. The van der Waals surface area contributed by atoms with Crippen LogP contribution in [0, 0.1) is 11.2 Å². The lowest BCUT2D eigenvalue weighted by molar-refractivity contribution is 0.0636. The van der Waals surface area contributed by atoms with Gasteiger partial charge in [-0.15, -0.1) is 0 Å². The highest BCUT2D eigenvalue weighted by molar-refractivity contribution is 6.03. The number of nitrogens with two attached hydrogens (primary N) is 1. The summed E-state index contributed by atoms with van der Waals surface area (Å²) in [7, 11) is 0. The van der Waals surface area contributed by atoms with E-state index in [2.05, 4.69) is 5.32 Å². The van der Waals surface area contributed by atoms with Gasteiger partial charge in [0.1, 0.15) is 17.3 Å². The SMILES string of the molecule is CC(C)(C)OC(=O)Nc1cccc(F)c1C(=N)N. The monoisotopic (exact) mass is 253 g/mol. The molecule has 0 fully saturated rings. The first-order chi connectivity index (χ1) is 8.20. The summed E-state index contributed by atoms with van der Waals surface area (Å²) in [6, 6.07) is 4.02. The van der Waals surface area contributed by atoms with E-state index in [1.54, 1.807) is 20.8 Å². The zero-order valence-corrected chi connectivity index (χ0v) is 10.5. The van der Waals surface area contributed by atoms with Gasteiger partial charge in [-0.25, -0.2) is 9.18 Å². The highest BCUT2D eigenvalue weighted by Gasteiger charge is 2.19. The molecule has 1 rings (SSSR count). The Kier molecular flexibility index (Phi) is 3.90. The van der Waals surface area contributed by atoms with Crippen molar-refractivity contribution in [3.63, 3.8) is 0 Å². The summed E-state index contributed by atoms with van der Waals surface area (Å²) < 4.78 is 18.5. The van der Waals surface area contributed by atoms with Gasteiger partial charge in [0, 0.05) is 0 Å². The molecule has 0 heterocycles. The third kappa shape index (κ3) is 3.73. The molecule has 1 aromatic rings. The molecule has 6 heteroatoms. The molecule has 0 radical (unpaired) electrons. The molecule has 0 aliphatic carbocycles. The molecule has 4 N–H and O–H groups in total. The molecule has 0 aromatic heterocycles. The van der Waals surface area contributed by atoms with Crippen LogP contribution in [-0.4, -0.2) is 17.5 Å². The third-order valence-electron chi connectivity index (χ3n) is 1.92. The Morgan fingerprint density at radius 1 is 1.44 bits per heavy atom. The minimum Gasteiger partial charge on any atom is -0.444 e. The van der Waals surface area contributed by atoms with E-state index in [0.717, 1.165) is 6.07 Å². The van der Waals surface area contributed by atoms with Crippen LogP contribution in [0.4, 0.5) is 14.9 Å². The summed E-state index contributed by atoms with van der Waals surface area (Å²) >= 11 is 0. The molecule has 0 saturated heterocycles.